The van der Waals surface area contributed by atoms with Crippen LogP contribution in [0, 0.1) is 0 Å². The molecule has 22 heavy (non-hydrogen) atoms. The van der Waals surface area contributed by atoms with Gasteiger partial charge < -0.3 is 15.4 Å². The van der Waals surface area contributed by atoms with E-state index in [1.165, 1.54) is 0 Å². The van der Waals surface area contributed by atoms with E-state index in [1.54, 1.807) is 31.6 Å². The third-order valence-corrected chi connectivity index (χ3v) is 3.01. The quantitative estimate of drug-likeness (QED) is 0.728. The van der Waals surface area contributed by atoms with Gasteiger partial charge in [0.1, 0.15) is 5.82 Å². The number of rotatable bonds is 8. The van der Waals surface area contributed by atoms with Crippen LogP contribution in [0.3, 0.4) is 0 Å². The lowest BCUT2D eigenvalue weighted by Crippen LogP contribution is -2.23. The molecule has 0 aromatic carbocycles. The summed E-state index contributed by atoms with van der Waals surface area (Å²) in [4.78, 5) is 20.5. The lowest BCUT2D eigenvalue weighted by atomic mass is 10.2. The summed E-state index contributed by atoms with van der Waals surface area (Å²) >= 11 is 0. The van der Waals surface area contributed by atoms with E-state index in [0.29, 0.717) is 24.5 Å². The Hall–Kier alpha value is -2.47. The Morgan fingerprint density at radius 1 is 1.23 bits per heavy atom. The highest BCUT2D eigenvalue weighted by Gasteiger charge is 2.07. The molecule has 6 nitrogen and oxygen atoms in total. The molecule has 0 aliphatic carbocycles. The monoisotopic (exact) mass is 300 g/mol. The number of hydrogen-bond acceptors (Lipinski definition) is 5. The summed E-state index contributed by atoms with van der Waals surface area (Å²) in [5, 5.41) is 6.01. The largest absolute Gasteiger partial charge is 0.385 e. The maximum absolute atomic E-state index is 12.1. The van der Waals surface area contributed by atoms with Gasteiger partial charge in [0.15, 0.2) is 0 Å². The van der Waals surface area contributed by atoms with Crippen molar-refractivity contribution in [1.82, 2.24) is 15.3 Å². The van der Waals surface area contributed by atoms with Crippen molar-refractivity contribution in [2.75, 3.05) is 25.6 Å². The number of nitrogens with zero attached hydrogens (tertiary/aromatic N) is 2. The Labute approximate surface area is 129 Å². The van der Waals surface area contributed by atoms with E-state index < -0.39 is 0 Å². The number of hydrogen-bond donors (Lipinski definition) is 2. The number of carbonyl (C=O) groups is 1. The summed E-state index contributed by atoms with van der Waals surface area (Å²) in [6, 6.07) is 9.03. The van der Waals surface area contributed by atoms with Gasteiger partial charge in [-0.25, -0.2) is 4.98 Å². The fraction of sp³-hybridized carbons (Fsp3) is 0.312. The van der Waals surface area contributed by atoms with E-state index in [9.17, 15) is 4.79 Å². The topological polar surface area (TPSA) is 76.1 Å². The fourth-order valence-corrected chi connectivity index (χ4v) is 1.88. The van der Waals surface area contributed by atoms with Gasteiger partial charge in [0.2, 0.25) is 0 Å². The smallest absolute Gasteiger partial charge is 0.251 e. The minimum atomic E-state index is -0.145. The van der Waals surface area contributed by atoms with Crippen molar-refractivity contribution in [3.8, 4) is 0 Å². The molecule has 0 atom stereocenters. The normalized spacial score (nSPS) is 10.2. The molecule has 2 rings (SSSR count). The molecule has 0 saturated carbocycles. The van der Waals surface area contributed by atoms with Crippen LogP contribution in [0.5, 0.6) is 0 Å². The Morgan fingerprint density at radius 3 is 2.91 bits per heavy atom. The van der Waals surface area contributed by atoms with Crippen LogP contribution < -0.4 is 10.6 Å². The zero-order valence-corrected chi connectivity index (χ0v) is 12.6. The van der Waals surface area contributed by atoms with Crippen molar-refractivity contribution in [3.05, 3.63) is 54.0 Å². The predicted octanol–water partition coefficient (Wildman–Crippen LogP) is 1.85. The molecule has 6 heteroatoms. The number of carbonyl (C=O) groups excluding carboxylic acids is 1. The van der Waals surface area contributed by atoms with Gasteiger partial charge in [0.05, 0.1) is 12.2 Å². The van der Waals surface area contributed by atoms with Crippen LogP contribution >= 0.6 is 0 Å². The molecular weight excluding hydrogens is 280 g/mol. The van der Waals surface area contributed by atoms with E-state index in [-0.39, 0.29) is 5.91 Å². The molecule has 2 aromatic heterocycles. The molecule has 0 radical (unpaired) electrons. The highest BCUT2D eigenvalue weighted by molar-refractivity contribution is 5.94. The average molecular weight is 300 g/mol. The average Bonchev–Trinajstić information content (AvgIpc) is 2.58. The van der Waals surface area contributed by atoms with Crippen LogP contribution in [-0.4, -0.2) is 36.1 Å². The number of methoxy groups -OCH3 is 1. The van der Waals surface area contributed by atoms with Crippen LogP contribution in [0.1, 0.15) is 22.5 Å². The molecule has 0 saturated heterocycles. The predicted molar refractivity (Wildman–Crippen MR) is 84.6 cm³/mol. The molecule has 2 heterocycles. The van der Waals surface area contributed by atoms with Gasteiger partial charge >= 0.3 is 0 Å². The van der Waals surface area contributed by atoms with Crippen LogP contribution in [-0.2, 0) is 11.3 Å². The van der Waals surface area contributed by atoms with Crippen molar-refractivity contribution in [2.24, 2.45) is 0 Å². The lowest BCUT2D eigenvalue weighted by molar-refractivity contribution is 0.0950. The van der Waals surface area contributed by atoms with Crippen LogP contribution in [0.25, 0.3) is 0 Å². The SMILES string of the molecule is COCCCNc1cc(C(=O)NCc2ccccn2)ccn1. The molecule has 0 spiro atoms. The van der Waals surface area contributed by atoms with Crippen LogP contribution in [0.2, 0.25) is 0 Å². The first-order valence-corrected chi connectivity index (χ1v) is 7.16. The lowest BCUT2D eigenvalue weighted by Gasteiger charge is -2.08. The minimum absolute atomic E-state index is 0.145. The second-order valence-electron chi connectivity index (χ2n) is 4.71. The van der Waals surface area contributed by atoms with Crippen LogP contribution in [0.4, 0.5) is 5.82 Å². The van der Waals surface area contributed by atoms with Crippen LogP contribution in [0.15, 0.2) is 42.7 Å². The molecule has 0 aliphatic heterocycles. The summed E-state index contributed by atoms with van der Waals surface area (Å²) < 4.78 is 4.99. The Morgan fingerprint density at radius 2 is 2.14 bits per heavy atom. The highest BCUT2D eigenvalue weighted by Crippen LogP contribution is 2.07. The highest BCUT2D eigenvalue weighted by atomic mass is 16.5. The van der Waals surface area contributed by atoms with E-state index in [1.807, 2.05) is 18.2 Å². The standard InChI is InChI=1S/C16H20N4O2/c1-22-10-4-8-18-15-11-13(6-9-19-15)16(21)20-12-14-5-2-3-7-17-14/h2-3,5-7,9,11H,4,8,10,12H2,1H3,(H,18,19)(H,20,21). The zero-order valence-electron chi connectivity index (χ0n) is 12.6. The first-order chi connectivity index (χ1) is 10.8. The summed E-state index contributed by atoms with van der Waals surface area (Å²) in [6.07, 6.45) is 4.21. The number of ether oxygens (including phenoxy) is 1. The first kappa shape index (κ1) is 15.9. The van der Waals surface area contributed by atoms with Gasteiger partial charge in [-0.05, 0) is 30.7 Å². The fourth-order valence-electron chi connectivity index (χ4n) is 1.88. The number of amides is 1. The third kappa shape index (κ3) is 5.14. The Balaban J connectivity index is 1.86. The van der Waals surface area contributed by atoms with Gasteiger partial charge in [-0.1, -0.05) is 6.07 Å². The number of nitrogens with one attached hydrogen (secondary N) is 2. The molecule has 116 valence electrons. The minimum Gasteiger partial charge on any atom is -0.385 e. The van der Waals surface area contributed by atoms with E-state index in [2.05, 4.69) is 20.6 Å². The Bertz CT molecular complexity index is 590. The molecule has 2 aromatic rings. The van der Waals surface area contributed by atoms with E-state index >= 15 is 0 Å². The first-order valence-electron chi connectivity index (χ1n) is 7.16. The van der Waals surface area contributed by atoms with Gasteiger partial charge in [0, 0.05) is 38.2 Å². The molecule has 0 bridgehead atoms. The van der Waals surface area contributed by atoms with Gasteiger partial charge in [-0.2, -0.15) is 0 Å². The molecule has 0 fully saturated rings. The van der Waals surface area contributed by atoms with Crippen molar-refractivity contribution in [2.45, 2.75) is 13.0 Å². The second kappa shape index (κ2) is 8.74. The van der Waals surface area contributed by atoms with Crippen molar-refractivity contribution in [3.63, 3.8) is 0 Å². The molecule has 2 N–H and O–H groups in total. The maximum atomic E-state index is 12.1. The number of anilines is 1. The summed E-state index contributed by atoms with van der Waals surface area (Å²) in [5.41, 5.74) is 1.39. The van der Waals surface area contributed by atoms with E-state index in [0.717, 1.165) is 18.7 Å². The molecule has 0 unspecified atom stereocenters. The summed E-state index contributed by atoms with van der Waals surface area (Å²) in [5.74, 6) is 0.537. The van der Waals surface area contributed by atoms with E-state index in [4.69, 9.17) is 4.74 Å². The summed E-state index contributed by atoms with van der Waals surface area (Å²) in [7, 11) is 1.67. The van der Waals surface area contributed by atoms with Crippen molar-refractivity contribution < 1.29 is 9.53 Å². The zero-order chi connectivity index (χ0) is 15.6. The molecule has 0 aliphatic rings. The molecule has 1 amide bonds. The number of aromatic nitrogens is 2. The third-order valence-electron chi connectivity index (χ3n) is 3.01. The van der Waals surface area contributed by atoms with Gasteiger partial charge in [-0.15, -0.1) is 0 Å². The van der Waals surface area contributed by atoms with Crippen molar-refractivity contribution >= 4 is 11.7 Å². The van der Waals surface area contributed by atoms with Gasteiger partial charge in [0.25, 0.3) is 5.91 Å². The van der Waals surface area contributed by atoms with Crippen molar-refractivity contribution in [1.29, 1.82) is 0 Å². The van der Waals surface area contributed by atoms with Gasteiger partial charge in [-0.3, -0.25) is 9.78 Å². The summed E-state index contributed by atoms with van der Waals surface area (Å²) in [6.45, 7) is 1.84. The second-order valence-corrected chi connectivity index (χ2v) is 4.71. The molecular formula is C16H20N4O2. The maximum Gasteiger partial charge on any atom is 0.251 e. The Kier molecular flexibility index (Phi) is 6.32. The number of pyridine rings is 2.